The Bertz CT molecular complexity index is 212. The minimum absolute atomic E-state index is 0. The van der Waals surface area contributed by atoms with Crippen molar-refractivity contribution in [3.8, 4) is 0 Å². The molecule has 0 aromatic heterocycles. The summed E-state index contributed by atoms with van der Waals surface area (Å²) in [6, 6.07) is 0. The van der Waals surface area contributed by atoms with Crippen molar-refractivity contribution in [1.29, 1.82) is 0 Å². The van der Waals surface area contributed by atoms with Gasteiger partial charge in [-0.05, 0) is 0 Å². The van der Waals surface area contributed by atoms with E-state index in [0.29, 0.717) is 0 Å². The predicted octanol–water partition coefficient (Wildman–Crippen LogP) is -3.21. The summed E-state index contributed by atoms with van der Waals surface area (Å²) >= 11 is 0. The van der Waals surface area contributed by atoms with Crippen LogP contribution in [0.15, 0.2) is 0 Å². The van der Waals surface area contributed by atoms with E-state index in [2.05, 4.69) is 18.9 Å². The van der Waals surface area contributed by atoms with Gasteiger partial charge in [0.2, 0.25) is 0 Å². The third kappa shape index (κ3) is 13.6. The van der Waals surface area contributed by atoms with Crippen LogP contribution in [0.4, 0.5) is 0 Å². The Hall–Kier alpha value is -0.597. The molecule has 2 atom stereocenters. The van der Waals surface area contributed by atoms with Crippen molar-refractivity contribution in [2.75, 3.05) is 41.7 Å². The van der Waals surface area contributed by atoms with E-state index in [0.717, 1.165) is 0 Å². The molecule has 108 valence electrons. The molecule has 0 fully saturated rings. The summed E-state index contributed by atoms with van der Waals surface area (Å²) in [5.74, 6) is -2.50. The average Bonchev–Trinajstić information content (AvgIpc) is 2.32. The first kappa shape index (κ1) is 23.5. The number of ether oxygens (including phenoxy) is 4. The number of carboxylic acids is 2. The van der Waals surface area contributed by atoms with Crippen LogP contribution in [-0.4, -0.2) is 65.8 Å². The first-order chi connectivity index (χ1) is 8.44. The number of rotatable bonds is 8. The van der Waals surface area contributed by atoms with Gasteiger partial charge in [0.15, 0.2) is 0 Å². The fraction of sp³-hybridized carbons (Fsp3) is 0.800. The van der Waals surface area contributed by atoms with E-state index in [1.165, 1.54) is 28.4 Å². The smallest absolute Gasteiger partial charge is 0.547 e. The van der Waals surface area contributed by atoms with Crippen LogP contribution in [0.3, 0.4) is 0 Å². The Balaban J connectivity index is -0.000000256. The summed E-state index contributed by atoms with van der Waals surface area (Å²) in [6.07, 6.45) is -1.90. The van der Waals surface area contributed by atoms with Crippen LogP contribution in [-0.2, 0) is 48.0 Å². The summed E-state index contributed by atoms with van der Waals surface area (Å²) in [6.45, 7) is 0.0532. The summed E-state index contributed by atoms with van der Waals surface area (Å²) in [7, 11) is 5.38. The number of methoxy groups -OCH3 is 4. The Kier molecular flexibility index (Phi) is 19.1. The van der Waals surface area contributed by atoms with Crippen LogP contribution >= 0.6 is 0 Å². The standard InChI is InChI=1S/2C5H10O4.Zn/c2*1-8-3-4(9-2)5(6)7;/h2*4H,3H2,1-2H3,(H,6,7);/q;;+2/p-2. The van der Waals surface area contributed by atoms with Crippen molar-refractivity contribution in [2.24, 2.45) is 0 Å². The summed E-state index contributed by atoms with van der Waals surface area (Å²) in [4.78, 5) is 20.0. The SMILES string of the molecule is COCC(OC)C(=O)[O-].COCC(OC)C(=O)[O-].[Zn+2]. The van der Waals surface area contributed by atoms with Crippen molar-refractivity contribution in [2.45, 2.75) is 12.2 Å². The van der Waals surface area contributed by atoms with Crippen LogP contribution < -0.4 is 10.2 Å². The first-order valence-corrected chi connectivity index (χ1v) is 4.89. The maximum Gasteiger partial charge on any atom is 2.00 e. The molecule has 0 aliphatic rings. The quantitative estimate of drug-likeness (QED) is 0.427. The molecular weight excluding hydrogens is 313 g/mol. The van der Waals surface area contributed by atoms with Gasteiger partial charge >= 0.3 is 19.5 Å². The van der Waals surface area contributed by atoms with Crippen LogP contribution in [0, 0.1) is 0 Å². The Labute approximate surface area is 124 Å². The van der Waals surface area contributed by atoms with Gasteiger partial charge in [0.25, 0.3) is 0 Å². The van der Waals surface area contributed by atoms with Gasteiger partial charge in [-0.1, -0.05) is 0 Å². The van der Waals surface area contributed by atoms with Crippen molar-refractivity contribution in [1.82, 2.24) is 0 Å². The van der Waals surface area contributed by atoms with E-state index in [1.54, 1.807) is 0 Å². The monoisotopic (exact) mass is 330 g/mol. The van der Waals surface area contributed by atoms with E-state index in [1.807, 2.05) is 0 Å². The van der Waals surface area contributed by atoms with E-state index in [4.69, 9.17) is 0 Å². The molecule has 0 spiro atoms. The normalized spacial score (nSPS) is 12.4. The van der Waals surface area contributed by atoms with Crippen LogP contribution in [0.25, 0.3) is 0 Å². The van der Waals surface area contributed by atoms with Gasteiger partial charge in [-0.2, -0.15) is 0 Å². The molecule has 0 N–H and O–H groups in total. The van der Waals surface area contributed by atoms with E-state index < -0.39 is 24.1 Å². The third-order valence-electron chi connectivity index (χ3n) is 1.73. The second-order valence-corrected chi connectivity index (χ2v) is 3.00. The Morgan fingerprint density at radius 2 is 1.11 bits per heavy atom. The average molecular weight is 332 g/mol. The molecule has 9 heteroatoms. The molecule has 19 heavy (non-hydrogen) atoms. The molecule has 8 nitrogen and oxygen atoms in total. The van der Waals surface area contributed by atoms with Gasteiger partial charge in [-0.25, -0.2) is 0 Å². The molecule has 0 radical (unpaired) electrons. The third-order valence-corrected chi connectivity index (χ3v) is 1.73. The topological polar surface area (TPSA) is 117 Å². The Morgan fingerprint density at radius 3 is 1.16 bits per heavy atom. The molecule has 0 saturated heterocycles. The minimum atomic E-state index is -1.25. The summed E-state index contributed by atoms with van der Waals surface area (Å²) in [5.41, 5.74) is 0. The van der Waals surface area contributed by atoms with E-state index in [-0.39, 0.29) is 32.7 Å². The zero-order valence-corrected chi connectivity index (χ0v) is 14.5. The zero-order valence-electron chi connectivity index (χ0n) is 11.5. The molecule has 0 aromatic rings. The molecule has 2 unspecified atom stereocenters. The predicted molar refractivity (Wildman–Crippen MR) is 55.4 cm³/mol. The van der Waals surface area contributed by atoms with Crippen molar-refractivity contribution >= 4 is 11.9 Å². The maximum atomic E-state index is 10.0. The molecule has 0 amide bonds. The van der Waals surface area contributed by atoms with Crippen molar-refractivity contribution in [3.05, 3.63) is 0 Å². The van der Waals surface area contributed by atoms with Crippen molar-refractivity contribution < 1.29 is 58.2 Å². The van der Waals surface area contributed by atoms with Gasteiger partial charge < -0.3 is 38.7 Å². The summed E-state index contributed by atoms with van der Waals surface area (Å²) in [5, 5.41) is 20.0. The molecule has 0 aliphatic heterocycles. The number of carbonyl (C=O) groups excluding carboxylic acids is 2. The van der Waals surface area contributed by atoms with Gasteiger partial charge in [0.1, 0.15) is 12.2 Å². The summed E-state index contributed by atoms with van der Waals surface area (Å²) < 4.78 is 18.0. The van der Waals surface area contributed by atoms with Gasteiger partial charge in [0, 0.05) is 28.4 Å². The second kappa shape index (κ2) is 15.5. The first-order valence-electron chi connectivity index (χ1n) is 4.89. The molecule has 0 bridgehead atoms. The van der Waals surface area contributed by atoms with Gasteiger partial charge in [-0.3, -0.25) is 0 Å². The zero-order chi connectivity index (χ0) is 14.6. The molecule has 0 saturated carbocycles. The van der Waals surface area contributed by atoms with Crippen LogP contribution in [0.1, 0.15) is 0 Å². The van der Waals surface area contributed by atoms with Crippen LogP contribution in [0.5, 0.6) is 0 Å². The van der Waals surface area contributed by atoms with Crippen molar-refractivity contribution in [3.63, 3.8) is 0 Å². The van der Waals surface area contributed by atoms with Crippen LogP contribution in [0.2, 0.25) is 0 Å². The number of aliphatic carboxylic acids is 2. The Morgan fingerprint density at radius 1 is 0.842 bits per heavy atom. The number of hydrogen-bond acceptors (Lipinski definition) is 8. The second-order valence-electron chi connectivity index (χ2n) is 3.00. The fourth-order valence-electron chi connectivity index (χ4n) is 0.767. The minimum Gasteiger partial charge on any atom is -0.547 e. The van der Waals surface area contributed by atoms with Gasteiger partial charge in [-0.15, -0.1) is 0 Å². The molecular formula is C10H18O8Zn. The van der Waals surface area contributed by atoms with Gasteiger partial charge in [0.05, 0.1) is 25.2 Å². The number of carbonyl (C=O) groups is 2. The molecule has 0 heterocycles. The fourth-order valence-corrected chi connectivity index (χ4v) is 0.767. The molecule has 0 rings (SSSR count). The van der Waals surface area contributed by atoms with E-state index in [9.17, 15) is 19.8 Å². The number of hydrogen-bond donors (Lipinski definition) is 0. The number of carboxylic acid groups (broad SMARTS) is 2. The molecule has 0 aromatic carbocycles. The largest absolute Gasteiger partial charge is 2.00 e. The maximum absolute atomic E-state index is 10.0. The molecule has 0 aliphatic carbocycles. The van der Waals surface area contributed by atoms with E-state index >= 15 is 0 Å².